The first-order valence-electron chi connectivity index (χ1n) is 7.40. The summed E-state index contributed by atoms with van der Waals surface area (Å²) in [6.07, 6.45) is 1.14. The molecule has 2 aromatic carbocycles. The highest BCUT2D eigenvalue weighted by Crippen LogP contribution is 2.23. The lowest BCUT2D eigenvalue weighted by Crippen LogP contribution is -2.22. The van der Waals surface area contributed by atoms with Crippen LogP contribution in [0.5, 0.6) is 0 Å². The molecule has 0 amide bonds. The topological polar surface area (TPSA) is 24.1 Å². The number of benzene rings is 2. The van der Waals surface area contributed by atoms with E-state index in [1.54, 1.807) is 0 Å². The number of hydrogen-bond acceptors (Lipinski definition) is 2. The van der Waals surface area contributed by atoms with Crippen molar-refractivity contribution in [3.05, 3.63) is 70.8 Å². The summed E-state index contributed by atoms with van der Waals surface area (Å²) in [5.41, 5.74) is 5.56. The number of rotatable bonds is 3. The zero-order valence-electron chi connectivity index (χ0n) is 12.0. The number of fused-ring (bicyclic) bond motifs is 1. The van der Waals surface area contributed by atoms with E-state index < -0.39 is 0 Å². The molecular weight excluding hydrogens is 244 g/mol. The van der Waals surface area contributed by atoms with E-state index in [4.69, 9.17) is 0 Å². The summed E-state index contributed by atoms with van der Waals surface area (Å²) < 4.78 is 0. The van der Waals surface area contributed by atoms with E-state index in [2.05, 4.69) is 66.1 Å². The molecule has 1 unspecified atom stereocenters. The molecule has 1 aliphatic rings. The van der Waals surface area contributed by atoms with Gasteiger partial charge in [-0.2, -0.15) is 0 Å². The molecule has 1 heterocycles. The number of nitrogens with one attached hydrogen (secondary N) is 2. The Morgan fingerprint density at radius 2 is 2.05 bits per heavy atom. The van der Waals surface area contributed by atoms with Crippen molar-refractivity contribution in [1.82, 2.24) is 10.6 Å². The lowest BCUT2D eigenvalue weighted by Gasteiger charge is -2.19. The van der Waals surface area contributed by atoms with Gasteiger partial charge < -0.3 is 10.6 Å². The van der Waals surface area contributed by atoms with Gasteiger partial charge in [-0.15, -0.1) is 0 Å². The molecule has 1 aliphatic heterocycles. The van der Waals surface area contributed by atoms with Crippen LogP contribution < -0.4 is 10.6 Å². The van der Waals surface area contributed by atoms with Crippen molar-refractivity contribution in [2.45, 2.75) is 32.5 Å². The molecule has 2 nitrogen and oxygen atoms in total. The van der Waals surface area contributed by atoms with Crippen molar-refractivity contribution >= 4 is 0 Å². The third-order valence-electron chi connectivity index (χ3n) is 3.99. The fourth-order valence-electron chi connectivity index (χ4n) is 2.94. The average Bonchev–Trinajstić information content (AvgIpc) is 2.67. The molecule has 0 aliphatic carbocycles. The van der Waals surface area contributed by atoms with E-state index in [1.807, 2.05) is 0 Å². The van der Waals surface area contributed by atoms with Gasteiger partial charge in [0.25, 0.3) is 0 Å². The maximum absolute atomic E-state index is 3.72. The van der Waals surface area contributed by atoms with E-state index in [1.165, 1.54) is 22.3 Å². The summed E-state index contributed by atoms with van der Waals surface area (Å²) in [6, 6.07) is 17.9. The van der Waals surface area contributed by atoms with Crippen LogP contribution in [0, 0.1) is 6.92 Å². The second kappa shape index (κ2) is 6.21. The summed E-state index contributed by atoms with van der Waals surface area (Å²) in [6.45, 7) is 5.13. The molecule has 0 fully saturated rings. The van der Waals surface area contributed by atoms with E-state index in [-0.39, 0.29) is 0 Å². The van der Waals surface area contributed by atoms with E-state index >= 15 is 0 Å². The third kappa shape index (κ3) is 3.09. The molecule has 0 spiro atoms. The van der Waals surface area contributed by atoms with E-state index in [0.717, 1.165) is 26.1 Å². The van der Waals surface area contributed by atoms with Gasteiger partial charge in [-0.05, 0) is 36.6 Å². The molecule has 20 heavy (non-hydrogen) atoms. The van der Waals surface area contributed by atoms with Crippen molar-refractivity contribution in [1.29, 1.82) is 0 Å². The lowest BCUT2D eigenvalue weighted by molar-refractivity contribution is 0.496. The first kappa shape index (κ1) is 13.3. The van der Waals surface area contributed by atoms with Crippen molar-refractivity contribution in [3.8, 4) is 0 Å². The van der Waals surface area contributed by atoms with Gasteiger partial charge in [0.05, 0.1) is 0 Å². The highest BCUT2D eigenvalue weighted by molar-refractivity contribution is 5.31. The van der Waals surface area contributed by atoms with Crippen LogP contribution in [-0.4, -0.2) is 6.54 Å². The van der Waals surface area contributed by atoms with Crippen LogP contribution in [0.1, 0.15) is 34.7 Å². The fourth-order valence-corrected chi connectivity index (χ4v) is 2.94. The Morgan fingerprint density at radius 3 is 2.95 bits per heavy atom. The molecule has 2 aromatic rings. The maximum atomic E-state index is 3.72. The normalized spacial score (nSPS) is 18.4. The highest BCUT2D eigenvalue weighted by atomic mass is 14.9. The number of aryl methyl sites for hydroxylation is 1. The van der Waals surface area contributed by atoms with Gasteiger partial charge in [0.1, 0.15) is 0 Å². The molecule has 3 rings (SSSR count). The third-order valence-corrected chi connectivity index (χ3v) is 3.99. The molecule has 0 radical (unpaired) electrons. The molecule has 2 heteroatoms. The van der Waals surface area contributed by atoms with Crippen LogP contribution >= 0.6 is 0 Å². The summed E-state index contributed by atoms with van der Waals surface area (Å²) >= 11 is 0. The Balaban J connectivity index is 1.74. The summed E-state index contributed by atoms with van der Waals surface area (Å²) in [7, 11) is 0. The van der Waals surface area contributed by atoms with Crippen LogP contribution in [0.4, 0.5) is 0 Å². The van der Waals surface area contributed by atoms with Gasteiger partial charge in [-0.25, -0.2) is 0 Å². The van der Waals surface area contributed by atoms with Crippen LogP contribution in [0.15, 0.2) is 48.5 Å². The van der Waals surface area contributed by atoms with E-state index in [9.17, 15) is 0 Å². The average molecular weight is 266 g/mol. The summed E-state index contributed by atoms with van der Waals surface area (Å²) in [5.74, 6) is 0. The second-order valence-electron chi connectivity index (χ2n) is 5.59. The van der Waals surface area contributed by atoms with Crippen LogP contribution in [0.3, 0.4) is 0 Å². The standard InChI is InChI=1S/C18H22N2/c1-14-5-4-6-15(11-14)12-20-18-9-10-19-13-16-7-2-3-8-17(16)18/h2-8,11,18-20H,9-10,12-13H2,1H3. The van der Waals surface area contributed by atoms with Crippen molar-refractivity contribution in [3.63, 3.8) is 0 Å². The zero-order valence-corrected chi connectivity index (χ0v) is 12.0. The molecule has 0 bridgehead atoms. The van der Waals surface area contributed by atoms with Crippen LogP contribution in [0.25, 0.3) is 0 Å². The van der Waals surface area contributed by atoms with E-state index in [0.29, 0.717) is 6.04 Å². The summed E-state index contributed by atoms with van der Waals surface area (Å²) in [4.78, 5) is 0. The molecular formula is C18H22N2. The minimum Gasteiger partial charge on any atom is -0.313 e. The fraction of sp³-hybridized carbons (Fsp3) is 0.333. The van der Waals surface area contributed by atoms with Gasteiger partial charge in [0, 0.05) is 19.1 Å². The number of hydrogen-bond donors (Lipinski definition) is 2. The molecule has 1 atom stereocenters. The Bertz CT molecular complexity index is 577. The Morgan fingerprint density at radius 1 is 1.15 bits per heavy atom. The van der Waals surface area contributed by atoms with Crippen molar-refractivity contribution in [2.75, 3.05) is 6.54 Å². The van der Waals surface area contributed by atoms with Gasteiger partial charge in [0.15, 0.2) is 0 Å². The highest BCUT2D eigenvalue weighted by Gasteiger charge is 2.17. The zero-order chi connectivity index (χ0) is 13.8. The molecule has 0 saturated heterocycles. The predicted molar refractivity (Wildman–Crippen MR) is 83.5 cm³/mol. The molecule has 104 valence electrons. The molecule has 2 N–H and O–H groups in total. The Kier molecular flexibility index (Phi) is 4.14. The monoisotopic (exact) mass is 266 g/mol. The molecule has 0 aromatic heterocycles. The van der Waals surface area contributed by atoms with Crippen molar-refractivity contribution < 1.29 is 0 Å². The van der Waals surface area contributed by atoms with Gasteiger partial charge >= 0.3 is 0 Å². The van der Waals surface area contributed by atoms with Gasteiger partial charge in [-0.1, -0.05) is 54.1 Å². The molecule has 0 saturated carbocycles. The van der Waals surface area contributed by atoms with Crippen molar-refractivity contribution in [2.24, 2.45) is 0 Å². The van der Waals surface area contributed by atoms with Gasteiger partial charge in [-0.3, -0.25) is 0 Å². The minimum absolute atomic E-state index is 0.446. The Hall–Kier alpha value is -1.64. The summed E-state index contributed by atoms with van der Waals surface area (Å²) in [5, 5.41) is 7.22. The first-order chi connectivity index (χ1) is 9.83. The first-order valence-corrected chi connectivity index (χ1v) is 7.40. The smallest absolute Gasteiger partial charge is 0.0338 e. The predicted octanol–water partition coefficient (Wildman–Crippen LogP) is 3.32. The quantitative estimate of drug-likeness (QED) is 0.890. The minimum atomic E-state index is 0.446. The van der Waals surface area contributed by atoms with Crippen LogP contribution in [-0.2, 0) is 13.1 Å². The SMILES string of the molecule is Cc1cccc(CNC2CCNCc3ccccc32)c1. The van der Waals surface area contributed by atoms with Gasteiger partial charge in [0.2, 0.25) is 0 Å². The Labute approximate surface area is 121 Å². The maximum Gasteiger partial charge on any atom is 0.0338 e. The van der Waals surface area contributed by atoms with Crippen LogP contribution in [0.2, 0.25) is 0 Å². The lowest BCUT2D eigenvalue weighted by atomic mass is 9.99. The largest absolute Gasteiger partial charge is 0.313 e. The second-order valence-corrected chi connectivity index (χ2v) is 5.59.